The van der Waals surface area contributed by atoms with Crippen molar-refractivity contribution in [2.24, 2.45) is 5.73 Å². The highest BCUT2D eigenvalue weighted by Crippen LogP contribution is 2.19. The van der Waals surface area contributed by atoms with Crippen molar-refractivity contribution in [3.63, 3.8) is 0 Å². The summed E-state index contributed by atoms with van der Waals surface area (Å²) in [6, 6.07) is 2.96. The molecule has 0 spiro atoms. The van der Waals surface area contributed by atoms with Gasteiger partial charge in [-0.15, -0.1) is 0 Å². The first kappa shape index (κ1) is 8.50. The predicted octanol–water partition coefficient (Wildman–Crippen LogP) is 2.25. The minimum atomic E-state index is -0.405. The van der Waals surface area contributed by atoms with Gasteiger partial charge >= 0.3 is 0 Å². The van der Waals surface area contributed by atoms with Crippen LogP contribution in [0.3, 0.4) is 0 Å². The molecule has 0 amide bonds. The number of rotatable bonds is 1. The van der Waals surface area contributed by atoms with Gasteiger partial charge in [0.2, 0.25) is 0 Å². The second-order valence-electron chi connectivity index (χ2n) is 2.40. The van der Waals surface area contributed by atoms with E-state index in [-0.39, 0.29) is 5.02 Å². The minimum Gasteiger partial charge on any atom is -0.326 e. The average molecular weight is 174 g/mol. The topological polar surface area (TPSA) is 26.0 Å². The van der Waals surface area contributed by atoms with E-state index in [4.69, 9.17) is 17.3 Å². The summed E-state index contributed by atoms with van der Waals surface area (Å²) in [6.07, 6.45) is 0. The molecule has 0 aromatic heterocycles. The van der Waals surface area contributed by atoms with Gasteiger partial charge in [0, 0.05) is 6.54 Å². The fraction of sp³-hybridized carbons (Fsp3) is 0.250. The molecule has 11 heavy (non-hydrogen) atoms. The van der Waals surface area contributed by atoms with Crippen molar-refractivity contribution in [3.05, 3.63) is 34.1 Å². The zero-order valence-electron chi connectivity index (χ0n) is 6.20. The monoisotopic (exact) mass is 173 g/mol. The molecule has 0 bridgehead atoms. The predicted molar refractivity (Wildman–Crippen MR) is 44.0 cm³/mol. The van der Waals surface area contributed by atoms with Crippen molar-refractivity contribution in [2.45, 2.75) is 13.5 Å². The highest BCUT2D eigenvalue weighted by atomic mass is 35.5. The van der Waals surface area contributed by atoms with Crippen molar-refractivity contribution >= 4 is 11.6 Å². The summed E-state index contributed by atoms with van der Waals surface area (Å²) in [5.74, 6) is -0.405. The Morgan fingerprint density at radius 1 is 1.55 bits per heavy atom. The maximum atomic E-state index is 12.8. The van der Waals surface area contributed by atoms with Crippen molar-refractivity contribution < 1.29 is 4.39 Å². The van der Waals surface area contributed by atoms with Gasteiger partial charge in [0.05, 0.1) is 5.02 Å². The van der Waals surface area contributed by atoms with Gasteiger partial charge in [-0.3, -0.25) is 0 Å². The maximum absolute atomic E-state index is 12.8. The summed E-state index contributed by atoms with van der Waals surface area (Å²) < 4.78 is 12.8. The molecule has 0 aliphatic heterocycles. The van der Waals surface area contributed by atoms with Crippen LogP contribution in [0.1, 0.15) is 11.1 Å². The lowest BCUT2D eigenvalue weighted by Gasteiger charge is -2.03. The summed E-state index contributed by atoms with van der Waals surface area (Å²) >= 11 is 5.53. The Morgan fingerprint density at radius 2 is 2.18 bits per heavy atom. The third-order valence-corrected chi connectivity index (χ3v) is 1.89. The average Bonchev–Trinajstić information content (AvgIpc) is 1.97. The van der Waals surface area contributed by atoms with Gasteiger partial charge in [-0.1, -0.05) is 11.6 Å². The first-order valence-corrected chi connectivity index (χ1v) is 3.67. The second-order valence-corrected chi connectivity index (χ2v) is 2.80. The molecule has 0 heterocycles. The fourth-order valence-electron chi connectivity index (χ4n) is 0.907. The second kappa shape index (κ2) is 3.20. The Hall–Kier alpha value is -0.600. The van der Waals surface area contributed by atoms with E-state index in [1.54, 1.807) is 6.07 Å². The van der Waals surface area contributed by atoms with E-state index in [0.717, 1.165) is 11.1 Å². The quantitative estimate of drug-likeness (QED) is 0.693. The number of aryl methyl sites for hydroxylation is 1. The van der Waals surface area contributed by atoms with Gasteiger partial charge in [0.1, 0.15) is 5.82 Å². The Kier molecular flexibility index (Phi) is 2.47. The van der Waals surface area contributed by atoms with Crippen LogP contribution in [0.15, 0.2) is 12.1 Å². The lowest BCUT2D eigenvalue weighted by Crippen LogP contribution is -1.99. The van der Waals surface area contributed by atoms with Crippen molar-refractivity contribution in [2.75, 3.05) is 0 Å². The molecule has 0 saturated carbocycles. The molecule has 0 atom stereocenters. The smallest absolute Gasteiger partial charge is 0.142 e. The number of halogens is 2. The maximum Gasteiger partial charge on any atom is 0.142 e. The Labute approximate surface area is 70.0 Å². The van der Waals surface area contributed by atoms with Crippen LogP contribution in [0.5, 0.6) is 0 Å². The van der Waals surface area contributed by atoms with Crippen molar-refractivity contribution in [1.82, 2.24) is 0 Å². The largest absolute Gasteiger partial charge is 0.326 e. The summed E-state index contributed by atoms with van der Waals surface area (Å²) in [6.45, 7) is 2.20. The first-order valence-electron chi connectivity index (χ1n) is 3.29. The van der Waals surface area contributed by atoms with E-state index >= 15 is 0 Å². The summed E-state index contributed by atoms with van der Waals surface area (Å²) in [4.78, 5) is 0. The van der Waals surface area contributed by atoms with Crippen LogP contribution in [-0.4, -0.2) is 0 Å². The van der Waals surface area contributed by atoms with E-state index in [1.807, 2.05) is 6.92 Å². The molecule has 1 nitrogen and oxygen atoms in total. The van der Waals surface area contributed by atoms with E-state index in [0.29, 0.717) is 6.54 Å². The highest BCUT2D eigenvalue weighted by molar-refractivity contribution is 6.30. The van der Waals surface area contributed by atoms with Gasteiger partial charge in [-0.2, -0.15) is 0 Å². The van der Waals surface area contributed by atoms with Crippen LogP contribution in [0.2, 0.25) is 5.02 Å². The summed E-state index contributed by atoms with van der Waals surface area (Å²) in [5, 5.41) is 0.153. The molecule has 1 aromatic carbocycles. The zero-order chi connectivity index (χ0) is 8.43. The highest BCUT2D eigenvalue weighted by Gasteiger charge is 2.03. The minimum absolute atomic E-state index is 0.153. The van der Waals surface area contributed by atoms with Gasteiger partial charge in [-0.05, 0) is 30.2 Å². The van der Waals surface area contributed by atoms with Gasteiger partial charge in [-0.25, -0.2) is 4.39 Å². The molecule has 0 saturated heterocycles. The standard InChI is InChI=1S/C8H9ClFN/c1-5-2-7(9)8(10)3-6(5)4-11/h2-3H,4,11H2,1H3. The summed E-state index contributed by atoms with van der Waals surface area (Å²) in [7, 11) is 0. The molecule has 2 N–H and O–H groups in total. The molecule has 0 aliphatic carbocycles. The number of benzene rings is 1. The zero-order valence-corrected chi connectivity index (χ0v) is 6.95. The molecule has 0 unspecified atom stereocenters. The van der Waals surface area contributed by atoms with Gasteiger partial charge in [0.15, 0.2) is 0 Å². The molecule has 60 valence electrons. The lowest BCUT2D eigenvalue weighted by atomic mass is 10.1. The third kappa shape index (κ3) is 1.70. The lowest BCUT2D eigenvalue weighted by molar-refractivity contribution is 0.625. The molecule has 0 fully saturated rings. The molecule has 1 rings (SSSR count). The van der Waals surface area contributed by atoms with E-state index in [9.17, 15) is 4.39 Å². The third-order valence-electron chi connectivity index (χ3n) is 1.60. The normalized spacial score (nSPS) is 10.2. The molecule has 3 heteroatoms. The van der Waals surface area contributed by atoms with Crippen LogP contribution < -0.4 is 5.73 Å². The molecule has 0 radical (unpaired) electrons. The fourth-order valence-corrected chi connectivity index (χ4v) is 1.13. The van der Waals surface area contributed by atoms with E-state index in [2.05, 4.69) is 0 Å². The van der Waals surface area contributed by atoms with Crippen molar-refractivity contribution in [1.29, 1.82) is 0 Å². The van der Waals surface area contributed by atoms with Gasteiger partial charge < -0.3 is 5.73 Å². The number of hydrogen-bond donors (Lipinski definition) is 1. The Balaban J connectivity index is 3.21. The first-order chi connectivity index (χ1) is 5.15. The Bertz CT molecular complexity index is 273. The van der Waals surface area contributed by atoms with E-state index in [1.165, 1.54) is 6.07 Å². The summed E-state index contributed by atoms with van der Waals surface area (Å²) in [5.41, 5.74) is 7.09. The molecule has 0 aliphatic rings. The van der Waals surface area contributed by atoms with Crippen LogP contribution in [0.25, 0.3) is 0 Å². The van der Waals surface area contributed by atoms with Crippen LogP contribution in [-0.2, 0) is 6.54 Å². The molecular formula is C8H9ClFN. The number of nitrogens with two attached hydrogens (primary N) is 1. The van der Waals surface area contributed by atoms with E-state index < -0.39 is 5.82 Å². The van der Waals surface area contributed by atoms with Crippen LogP contribution in [0.4, 0.5) is 4.39 Å². The van der Waals surface area contributed by atoms with Crippen molar-refractivity contribution in [3.8, 4) is 0 Å². The van der Waals surface area contributed by atoms with Gasteiger partial charge in [0.25, 0.3) is 0 Å². The SMILES string of the molecule is Cc1cc(Cl)c(F)cc1CN. The number of hydrogen-bond acceptors (Lipinski definition) is 1. The molecule has 1 aromatic rings. The van der Waals surface area contributed by atoms with Crippen LogP contribution >= 0.6 is 11.6 Å². The molecular weight excluding hydrogens is 165 g/mol. The Morgan fingerprint density at radius 3 is 2.73 bits per heavy atom. The van der Waals surface area contributed by atoms with Crippen LogP contribution in [0, 0.1) is 12.7 Å².